The van der Waals surface area contributed by atoms with Gasteiger partial charge in [-0.05, 0) is 43.7 Å². The first-order chi connectivity index (χ1) is 14.9. The standard InChI is InChI=1S/C22H21N5O4/c1-13-14(2)23-22(25-21(13)29)27-19(12-17(26-27)18-5-4-10-31-18)24-20(28)11-15-6-8-16(30-3)9-7-15/h4-10,12H,11H2,1-3H3,(H,24,28)(H,23,25,29). The van der Waals surface area contributed by atoms with Gasteiger partial charge in [0.15, 0.2) is 5.76 Å². The molecule has 0 fully saturated rings. The lowest BCUT2D eigenvalue weighted by molar-refractivity contribution is -0.115. The van der Waals surface area contributed by atoms with E-state index in [4.69, 9.17) is 9.15 Å². The zero-order chi connectivity index (χ0) is 22.0. The van der Waals surface area contributed by atoms with E-state index in [-0.39, 0.29) is 23.8 Å². The summed E-state index contributed by atoms with van der Waals surface area (Å²) in [5.74, 6) is 1.55. The summed E-state index contributed by atoms with van der Waals surface area (Å²) in [6.45, 7) is 3.44. The summed E-state index contributed by atoms with van der Waals surface area (Å²) >= 11 is 0. The Morgan fingerprint density at radius 2 is 2.00 bits per heavy atom. The van der Waals surface area contributed by atoms with Gasteiger partial charge in [0.1, 0.15) is 17.3 Å². The number of aromatic nitrogens is 4. The summed E-state index contributed by atoms with van der Waals surface area (Å²) in [6, 6.07) is 12.4. The molecule has 3 heterocycles. The summed E-state index contributed by atoms with van der Waals surface area (Å²) in [4.78, 5) is 32.1. The second-order valence-electron chi connectivity index (χ2n) is 6.98. The molecule has 0 aliphatic carbocycles. The van der Waals surface area contributed by atoms with Gasteiger partial charge in [0.05, 0.1) is 19.8 Å². The topological polar surface area (TPSA) is 115 Å². The summed E-state index contributed by atoms with van der Waals surface area (Å²) in [5.41, 5.74) is 2.14. The average Bonchev–Trinajstić information content (AvgIpc) is 3.42. The number of benzene rings is 1. The van der Waals surface area contributed by atoms with E-state index < -0.39 is 0 Å². The van der Waals surface area contributed by atoms with Crippen molar-refractivity contribution in [3.05, 3.63) is 75.9 Å². The highest BCUT2D eigenvalue weighted by Crippen LogP contribution is 2.24. The van der Waals surface area contributed by atoms with Crippen LogP contribution in [-0.2, 0) is 11.2 Å². The predicted octanol–water partition coefficient (Wildman–Crippen LogP) is 3.02. The summed E-state index contributed by atoms with van der Waals surface area (Å²) in [7, 11) is 1.59. The fourth-order valence-corrected chi connectivity index (χ4v) is 3.02. The van der Waals surface area contributed by atoms with E-state index >= 15 is 0 Å². The number of carbonyl (C=O) groups is 1. The number of ether oxygens (including phenoxy) is 1. The molecule has 1 amide bonds. The van der Waals surface area contributed by atoms with Crippen molar-refractivity contribution in [3.63, 3.8) is 0 Å². The predicted molar refractivity (Wildman–Crippen MR) is 114 cm³/mol. The number of methoxy groups -OCH3 is 1. The van der Waals surface area contributed by atoms with E-state index in [2.05, 4.69) is 20.4 Å². The smallest absolute Gasteiger partial charge is 0.255 e. The van der Waals surface area contributed by atoms with Gasteiger partial charge in [-0.3, -0.25) is 14.6 Å². The lowest BCUT2D eigenvalue weighted by atomic mass is 10.1. The van der Waals surface area contributed by atoms with Gasteiger partial charge in [0.25, 0.3) is 5.56 Å². The molecule has 0 aliphatic heterocycles. The Bertz CT molecular complexity index is 1270. The fourth-order valence-electron chi connectivity index (χ4n) is 3.02. The van der Waals surface area contributed by atoms with E-state index in [1.54, 1.807) is 51.3 Å². The zero-order valence-electron chi connectivity index (χ0n) is 17.3. The molecule has 0 unspecified atom stereocenters. The number of nitrogens with zero attached hydrogens (tertiary/aromatic N) is 3. The SMILES string of the molecule is COc1ccc(CC(=O)Nc2cc(-c3ccco3)nn2-c2nc(C)c(C)c(=O)[nH]2)cc1. The second kappa shape index (κ2) is 8.31. The molecule has 0 aliphatic rings. The molecule has 0 atom stereocenters. The Morgan fingerprint density at radius 1 is 1.23 bits per heavy atom. The molecule has 0 radical (unpaired) electrons. The van der Waals surface area contributed by atoms with Crippen LogP contribution < -0.4 is 15.6 Å². The Labute approximate surface area is 177 Å². The third-order valence-corrected chi connectivity index (χ3v) is 4.86. The number of aromatic amines is 1. The zero-order valence-corrected chi connectivity index (χ0v) is 17.3. The molecule has 0 saturated heterocycles. The number of amides is 1. The normalized spacial score (nSPS) is 10.8. The van der Waals surface area contributed by atoms with Crippen molar-refractivity contribution in [2.24, 2.45) is 0 Å². The van der Waals surface area contributed by atoms with Gasteiger partial charge in [0, 0.05) is 17.3 Å². The van der Waals surface area contributed by atoms with Gasteiger partial charge in [-0.25, -0.2) is 4.98 Å². The lowest BCUT2D eigenvalue weighted by Gasteiger charge is -2.09. The van der Waals surface area contributed by atoms with Gasteiger partial charge in [-0.1, -0.05) is 12.1 Å². The number of aryl methyl sites for hydroxylation is 1. The number of hydrogen-bond donors (Lipinski definition) is 2. The van der Waals surface area contributed by atoms with Crippen LogP contribution in [0, 0.1) is 13.8 Å². The van der Waals surface area contributed by atoms with Gasteiger partial charge in [-0.2, -0.15) is 9.78 Å². The minimum absolute atomic E-state index is 0.155. The van der Waals surface area contributed by atoms with E-state index in [1.807, 2.05) is 12.1 Å². The number of furan rings is 1. The molecule has 1 aromatic carbocycles. The highest BCUT2D eigenvalue weighted by Gasteiger charge is 2.18. The first kappa shape index (κ1) is 20.1. The van der Waals surface area contributed by atoms with Crippen molar-refractivity contribution >= 4 is 11.7 Å². The van der Waals surface area contributed by atoms with Crippen LogP contribution in [0.2, 0.25) is 0 Å². The molecule has 2 N–H and O–H groups in total. The van der Waals surface area contributed by atoms with Crippen LogP contribution in [-0.4, -0.2) is 32.8 Å². The molecule has 0 saturated carbocycles. The molecule has 3 aromatic heterocycles. The minimum atomic E-state index is -0.270. The van der Waals surface area contributed by atoms with Crippen LogP contribution in [0.1, 0.15) is 16.8 Å². The minimum Gasteiger partial charge on any atom is -0.497 e. The van der Waals surface area contributed by atoms with Crippen LogP contribution in [0.15, 0.2) is 57.9 Å². The number of anilines is 1. The number of nitrogens with one attached hydrogen (secondary N) is 2. The second-order valence-corrected chi connectivity index (χ2v) is 6.98. The average molecular weight is 419 g/mol. The summed E-state index contributed by atoms with van der Waals surface area (Å²) in [6.07, 6.45) is 1.69. The third kappa shape index (κ3) is 4.25. The fraction of sp³-hybridized carbons (Fsp3) is 0.182. The van der Waals surface area contributed by atoms with Gasteiger partial charge in [-0.15, -0.1) is 0 Å². The van der Waals surface area contributed by atoms with E-state index in [9.17, 15) is 9.59 Å². The molecule has 9 nitrogen and oxygen atoms in total. The highest BCUT2D eigenvalue weighted by molar-refractivity contribution is 5.92. The van der Waals surface area contributed by atoms with Crippen LogP contribution in [0.3, 0.4) is 0 Å². The Hall–Kier alpha value is -4.14. The number of rotatable bonds is 6. The van der Waals surface area contributed by atoms with Crippen molar-refractivity contribution in [3.8, 4) is 23.2 Å². The number of H-pyrrole nitrogens is 1. The Morgan fingerprint density at radius 3 is 2.65 bits per heavy atom. The van der Waals surface area contributed by atoms with Crippen molar-refractivity contribution in [2.75, 3.05) is 12.4 Å². The van der Waals surface area contributed by atoms with Crippen LogP contribution >= 0.6 is 0 Å². The van der Waals surface area contributed by atoms with E-state index in [0.29, 0.717) is 28.5 Å². The van der Waals surface area contributed by atoms with Crippen LogP contribution in [0.25, 0.3) is 17.4 Å². The molecular weight excluding hydrogens is 398 g/mol. The molecular formula is C22H21N5O4. The first-order valence-corrected chi connectivity index (χ1v) is 9.59. The molecule has 4 aromatic rings. The van der Waals surface area contributed by atoms with E-state index in [0.717, 1.165) is 11.3 Å². The molecule has 9 heteroatoms. The van der Waals surface area contributed by atoms with Gasteiger partial charge >= 0.3 is 0 Å². The number of hydrogen-bond acceptors (Lipinski definition) is 6. The maximum atomic E-state index is 12.7. The van der Waals surface area contributed by atoms with Crippen molar-refractivity contribution in [2.45, 2.75) is 20.3 Å². The van der Waals surface area contributed by atoms with Crippen LogP contribution in [0.4, 0.5) is 5.82 Å². The van der Waals surface area contributed by atoms with Crippen molar-refractivity contribution < 1.29 is 13.9 Å². The number of carbonyl (C=O) groups excluding carboxylic acids is 1. The first-order valence-electron chi connectivity index (χ1n) is 9.59. The summed E-state index contributed by atoms with van der Waals surface area (Å²) in [5, 5.41) is 7.33. The monoisotopic (exact) mass is 419 g/mol. The van der Waals surface area contributed by atoms with Gasteiger partial charge in [0.2, 0.25) is 11.9 Å². The van der Waals surface area contributed by atoms with Gasteiger partial charge < -0.3 is 14.5 Å². The Balaban J connectivity index is 1.67. The summed E-state index contributed by atoms with van der Waals surface area (Å²) < 4.78 is 11.9. The third-order valence-electron chi connectivity index (χ3n) is 4.86. The van der Waals surface area contributed by atoms with Crippen molar-refractivity contribution in [1.82, 2.24) is 19.7 Å². The van der Waals surface area contributed by atoms with Crippen LogP contribution in [0.5, 0.6) is 5.75 Å². The molecule has 31 heavy (non-hydrogen) atoms. The largest absolute Gasteiger partial charge is 0.497 e. The van der Waals surface area contributed by atoms with Crippen molar-refractivity contribution in [1.29, 1.82) is 0 Å². The van der Waals surface area contributed by atoms with E-state index in [1.165, 1.54) is 10.9 Å². The maximum Gasteiger partial charge on any atom is 0.255 e. The Kier molecular flexibility index (Phi) is 5.40. The lowest BCUT2D eigenvalue weighted by Crippen LogP contribution is -2.21. The maximum absolute atomic E-state index is 12.7. The molecule has 158 valence electrons. The quantitative estimate of drug-likeness (QED) is 0.496. The molecule has 4 rings (SSSR count). The highest BCUT2D eigenvalue weighted by atomic mass is 16.5. The molecule has 0 spiro atoms. The molecule has 0 bridgehead atoms.